The lowest BCUT2D eigenvalue weighted by Crippen LogP contribution is -2.28. The van der Waals surface area contributed by atoms with Gasteiger partial charge in [0.05, 0.1) is 30.1 Å². The zero-order valence-electron chi connectivity index (χ0n) is 12.1. The second-order valence-electron chi connectivity index (χ2n) is 4.32. The van der Waals surface area contributed by atoms with Crippen molar-refractivity contribution in [2.75, 3.05) is 25.6 Å². The number of imidazole rings is 1. The summed E-state index contributed by atoms with van der Waals surface area (Å²) < 4.78 is 12.8. The second-order valence-corrected chi connectivity index (χ2v) is 4.88. The molecule has 0 radical (unpaired) electrons. The highest BCUT2D eigenvalue weighted by Gasteiger charge is 2.12. The van der Waals surface area contributed by atoms with E-state index in [0.29, 0.717) is 31.0 Å². The molecule has 0 aliphatic rings. The van der Waals surface area contributed by atoms with E-state index in [9.17, 15) is 4.79 Å². The van der Waals surface area contributed by atoms with Crippen molar-refractivity contribution >= 4 is 32.9 Å². The molecule has 1 N–H and O–H groups in total. The minimum atomic E-state index is -0.0463. The molecule has 2 rings (SSSR count). The Labute approximate surface area is 131 Å². The highest BCUT2D eigenvalue weighted by atomic mass is 79.9. The van der Waals surface area contributed by atoms with Gasteiger partial charge in [-0.1, -0.05) is 15.9 Å². The molecule has 1 aromatic carbocycles. The molecule has 7 heteroatoms. The van der Waals surface area contributed by atoms with Crippen molar-refractivity contribution in [3.63, 3.8) is 0 Å². The Bertz CT molecular complexity index is 627. The number of hydrogen-bond donors (Lipinski definition) is 1. The molecule has 0 saturated heterocycles. The predicted molar refractivity (Wildman–Crippen MR) is 84.3 cm³/mol. The van der Waals surface area contributed by atoms with E-state index in [1.165, 1.54) is 0 Å². The Morgan fingerprint density at radius 1 is 1.48 bits per heavy atom. The van der Waals surface area contributed by atoms with E-state index in [1.54, 1.807) is 7.11 Å². The van der Waals surface area contributed by atoms with Crippen LogP contribution in [0.25, 0.3) is 11.0 Å². The maximum atomic E-state index is 11.3. The van der Waals surface area contributed by atoms with Gasteiger partial charge in [-0.15, -0.1) is 0 Å². The number of carbonyl (C=O) groups excluding carboxylic acids is 1. The topological polar surface area (TPSA) is 65.4 Å². The van der Waals surface area contributed by atoms with Gasteiger partial charge in [0.25, 0.3) is 6.01 Å². The lowest BCUT2D eigenvalue weighted by Gasteiger charge is -2.10. The third-order valence-electron chi connectivity index (χ3n) is 2.97. The van der Waals surface area contributed by atoms with Gasteiger partial charge in [0.1, 0.15) is 5.75 Å². The van der Waals surface area contributed by atoms with Crippen molar-refractivity contribution in [3.8, 4) is 11.8 Å². The molecule has 0 aliphatic heterocycles. The van der Waals surface area contributed by atoms with Gasteiger partial charge in [0.2, 0.25) is 5.91 Å². The van der Waals surface area contributed by atoms with Gasteiger partial charge >= 0.3 is 0 Å². The number of ether oxygens (including phenoxy) is 2. The lowest BCUT2D eigenvalue weighted by atomic mass is 10.3. The average Bonchev–Trinajstić information content (AvgIpc) is 2.84. The quantitative estimate of drug-likeness (QED) is 0.771. The van der Waals surface area contributed by atoms with Crippen LogP contribution in [0, 0.1) is 0 Å². The molecule has 0 saturated carbocycles. The van der Waals surface area contributed by atoms with Crippen molar-refractivity contribution in [1.29, 1.82) is 0 Å². The summed E-state index contributed by atoms with van der Waals surface area (Å²) in [6, 6.07) is 6.22. The van der Waals surface area contributed by atoms with Crippen molar-refractivity contribution in [3.05, 3.63) is 18.2 Å². The van der Waals surface area contributed by atoms with E-state index in [-0.39, 0.29) is 5.91 Å². The molecule has 6 nitrogen and oxygen atoms in total. The number of amides is 1. The minimum absolute atomic E-state index is 0.0463. The third kappa shape index (κ3) is 3.66. The zero-order valence-corrected chi connectivity index (χ0v) is 13.6. The first kappa shape index (κ1) is 15.6. The maximum Gasteiger partial charge on any atom is 0.297 e. The highest BCUT2D eigenvalue weighted by Crippen LogP contribution is 2.25. The summed E-state index contributed by atoms with van der Waals surface area (Å²) in [6.45, 7) is 3.54. The molecule has 0 unspecified atom stereocenters. The Morgan fingerprint density at radius 3 is 2.95 bits per heavy atom. The third-order valence-corrected chi connectivity index (χ3v) is 3.48. The zero-order chi connectivity index (χ0) is 15.2. The number of hydrogen-bond acceptors (Lipinski definition) is 4. The number of fused-ring (bicyclic) bond motifs is 1. The largest absolute Gasteiger partial charge is 0.497 e. The van der Waals surface area contributed by atoms with Crippen molar-refractivity contribution < 1.29 is 14.3 Å². The fraction of sp³-hybridized carbons (Fsp3) is 0.429. The van der Waals surface area contributed by atoms with Crippen LogP contribution in [0.5, 0.6) is 11.8 Å². The normalized spacial score (nSPS) is 10.6. The molecule has 1 heterocycles. The molecule has 0 atom stereocenters. The number of nitrogens with zero attached hydrogens (tertiary/aromatic N) is 2. The van der Waals surface area contributed by atoms with Gasteiger partial charge < -0.3 is 14.8 Å². The predicted octanol–water partition coefficient (Wildman–Crippen LogP) is 1.95. The molecule has 114 valence electrons. The van der Waals surface area contributed by atoms with Crippen LogP contribution in [0.1, 0.15) is 6.92 Å². The highest BCUT2D eigenvalue weighted by molar-refractivity contribution is 9.09. The van der Waals surface area contributed by atoms with Crippen molar-refractivity contribution in [2.45, 2.75) is 13.5 Å². The average molecular weight is 356 g/mol. The van der Waals surface area contributed by atoms with Crippen LogP contribution in [-0.4, -0.2) is 41.0 Å². The van der Waals surface area contributed by atoms with E-state index in [0.717, 1.165) is 16.8 Å². The van der Waals surface area contributed by atoms with Gasteiger partial charge in [-0.05, 0) is 19.1 Å². The molecule has 0 spiro atoms. The van der Waals surface area contributed by atoms with E-state index in [1.807, 2.05) is 29.7 Å². The van der Waals surface area contributed by atoms with E-state index in [4.69, 9.17) is 9.47 Å². The molecule has 0 aliphatic carbocycles. The van der Waals surface area contributed by atoms with Crippen LogP contribution in [0.4, 0.5) is 0 Å². The number of nitrogens with one attached hydrogen (secondary N) is 1. The maximum absolute atomic E-state index is 11.3. The molecule has 0 fully saturated rings. The summed E-state index contributed by atoms with van der Waals surface area (Å²) in [5.74, 6) is 0.714. The fourth-order valence-electron chi connectivity index (χ4n) is 2.02. The number of benzene rings is 1. The molecular formula is C14H18BrN3O3. The fourth-order valence-corrected chi connectivity index (χ4v) is 2.22. The number of aromatic nitrogens is 2. The standard InChI is InChI=1S/C14H18BrN3O3/c1-3-21-14-17-11-5-4-10(20-2)8-12(11)18(14)7-6-16-13(19)9-15/h4-5,8H,3,6-7,9H2,1-2H3,(H,16,19). The number of methoxy groups -OCH3 is 1. The molecule has 2 aromatic rings. The SMILES string of the molecule is CCOc1nc2ccc(OC)cc2n1CCNC(=O)CBr. The first-order valence-corrected chi connectivity index (χ1v) is 7.81. The van der Waals surface area contributed by atoms with Crippen molar-refractivity contribution in [1.82, 2.24) is 14.9 Å². The van der Waals surface area contributed by atoms with Crippen molar-refractivity contribution in [2.24, 2.45) is 0 Å². The Kier molecular flexibility index (Phi) is 5.44. The molecule has 0 bridgehead atoms. The number of halogens is 1. The summed E-state index contributed by atoms with van der Waals surface area (Å²) in [6.07, 6.45) is 0. The monoisotopic (exact) mass is 355 g/mol. The van der Waals surface area contributed by atoms with Gasteiger partial charge in [0.15, 0.2) is 0 Å². The Hall–Kier alpha value is -1.76. The van der Waals surface area contributed by atoms with E-state index >= 15 is 0 Å². The van der Waals surface area contributed by atoms with E-state index in [2.05, 4.69) is 26.2 Å². The van der Waals surface area contributed by atoms with Gasteiger partial charge in [-0.2, -0.15) is 4.98 Å². The number of rotatable bonds is 7. The van der Waals surface area contributed by atoms with Crippen LogP contribution in [0.15, 0.2) is 18.2 Å². The molecule has 21 heavy (non-hydrogen) atoms. The van der Waals surface area contributed by atoms with Gasteiger partial charge in [-0.25, -0.2) is 0 Å². The molecule has 1 aromatic heterocycles. The minimum Gasteiger partial charge on any atom is -0.497 e. The summed E-state index contributed by atoms with van der Waals surface area (Å²) in [7, 11) is 1.63. The Balaban J connectivity index is 2.28. The van der Waals surface area contributed by atoms with Crippen LogP contribution in [0.2, 0.25) is 0 Å². The summed E-state index contributed by atoms with van der Waals surface area (Å²) in [4.78, 5) is 15.7. The summed E-state index contributed by atoms with van der Waals surface area (Å²) in [5, 5.41) is 3.11. The van der Waals surface area contributed by atoms with Gasteiger partial charge in [-0.3, -0.25) is 9.36 Å². The first-order valence-electron chi connectivity index (χ1n) is 6.69. The van der Waals surface area contributed by atoms with Gasteiger partial charge in [0, 0.05) is 19.2 Å². The summed E-state index contributed by atoms with van der Waals surface area (Å²) >= 11 is 3.12. The smallest absolute Gasteiger partial charge is 0.297 e. The summed E-state index contributed by atoms with van der Waals surface area (Å²) in [5.41, 5.74) is 1.76. The van der Waals surface area contributed by atoms with Crippen LogP contribution < -0.4 is 14.8 Å². The molecule has 1 amide bonds. The van der Waals surface area contributed by atoms with Crippen LogP contribution in [0.3, 0.4) is 0 Å². The second kappa shape index (κ2) is 7.31. The van der Waals surface area contributed by atoms with E-state index < -0.39 is 0 Å². The first-order chi connectivity index (χ1) is 10.2. The number of alkyl halides is 1. The van der Waals surface area contributed by atoms with Crippen LogP contribution >= 0.6 is 15.9 Å². The lowest BCUT2D eigenvalue weighted by molar-refractivity contribution is -0.118. The molecular weight excluding hydrogens is 338 g/mol. The Morgan fingerprint density at radius 2 is 2.29 bits per heavy atom. The number of carbonyl (C=O) groups is 1. The van der Waals surface area contributed by atoms with Crippen LogP contribution in [-0.2, 0) is 11.3 Å².